The van der Waals surface area contributed by atoms with Gasteiger partial charge in [-0.15, -0.1) is 11.8 Å². The summed E-state index contributed by atoms with van der Waals surface area (Å²) in [7, 11) is 0. The highest BCUT2D eigenvalue weighted by Gasteiger charge is 2.14. The van der Waals surface area contributed by atoms with Crippen molar-refractivity contribution < 1.29 is 0 Å². The minimum Gasteiger partial charge on any atom is -0.383 e. The summed E-state index contributed by atoms with van der Waals surface area (Å²) < 4.78 is 0. The molecule has 0 amide bonds. The topological polar surface area (TPSA) is 62.7 Å². The van der Waals surface area contributed by atoms with Crippen LogP contribution in [0.5, 0.6) is 0 Å². The van der Waals surface area contributed by atoms with Crippen LogP contribution in [0.1, 0.15) is 16.7 Å². The van der Waals surface area contributed by atoms with E-state index in [0.717, 1.165) is 33.5 Å². The molecule has 3 rings (SSSR count). The quantitative estimate of drug-likeness (QED) is 0.662. The van der Waals surface area contributed by atoms with Gasteiger partial charge in [0, 0.05) is 16.0 Å². The van der Waals surface area contributed by atoms with Crippen molar-refractivity contribution >= 4 is 17.6 Å². The number of rotatable bonds is 3. The monoisotopic (exact) mass is 345 g/mol. The molecule has 0 bridgehead atoms. The molecule has 0 unspecified atom stereocenters. The molecular formula is C21H19N3S. The van der Waals surface area contributed by atoms with E-state index < -0.39 is 0 Å². The van der Waals surface area contributed by atoms with Gasteiger partial charge >= 0.3 is 0 Å². The van der Waals surface area contributed by atoms with Crippen molar-refractivity contribution in [3.8, 4) is 28.5 Å². The summed E-state index contributed by atoms with van der Waals surface area (Å²) in [6, 6.07) is 18.6. The van der Waals surface area contributed by atoms with Crippen LogP contribution in [0.3, 0.4) is 0 Å². The third-order valence-corrected chi connectivity index (χ3v) is 4.97. The molecule has 0 aliphatic rings. The number of thioether (sulfide) groups is 1. The van der Waals surface area contributed by atoms with Crippen LogP contribution in [0.2, 0.25) is 0 Å². The number of nitrogens with zero attached hydrogens (tertiary/aromatic N) is 2. The van der Waals surface area contributed by atoms with Crippen LogP contribution in [-0.4, -0.2) is 11.2 Å². The molecule has 0 spiro atoms. The number of pyridine rings is 1. The Morgan fingerprint density at radius 3 is 2.36 bits per heavy atom. The minimum absolute atomic E-state index is 0.268. The predicted molar refractivity (Wildman–Crippen MR) is 105 cm³/mol. The highest BCUT2D eigenvalue weighted by atomic mass is 32.2. The normalized spacial score (nSPS) is 10.5. The molecule has 1 heterocycles. The zero-order valence-electron chi connectivity index (χ0n) is 14.5. The van der Waals surface area contributed by atoms with Crippen molar-refractivity contribution in [2.75, 3.05) is 12.0 Å². The van der Waals surface area contributed by atoms with Gasteiger partial charge in [0.1, 0.15) is 17.5 Å². The summed E-state index contributed by atoms with van der Waals surface area (Å²) in [5.41, 5.74) is 12.4. The Bertz CT molecular complexity index is 970. The molecule has 0 saturated carbocycles. The van der Waals surface area contributed by atoms with Gasteiger partial charge in [-0.3, -0.25) is 0 Å². The Morgan fingerprint density at radius 2 is 1.72 bits per heavy atom. The van der Waals surface area contributed by atoms with E-state index in [1.807, 2.05) is 24.5 Å². The lowest BCUT2D eigenvalue weighted by Crippen LogP contribution is -2.00. The van der Waals surface area contributed by atoms with E-state index in [1.54, 1.807) is 11.8 Å². The van der Waals surface area contributed by atoms with Crippen LogP contribution >= 0.6 is 11.8 Å². The minimum atomic E-state index is 0.268. The summed E-state index contributed by atoms with van der Waals surface area (Å²) in [5.74, 6) is 0.268. The Balaban J connectivity index is 2.22. The van der Waals surface area contributed by atoms with Crippen LogP contribution in [0, 0.1) is 25.2 Å². The number of aromatic nitrogens is 1. The lowest BCUT2D eigenvalue weighted by atomic mass is 9.96. The van der Waals surface area contributed by atoms with Crippen LogP contribution in [0.4, 0.5) is 5.82 Å². The number of benzene rings is 2. The molecular weight excluding hydrogens is 326 g/mol. The molecule has 4 heteroatoms. The maximum Gasteiger partial charge on any atom is 0.142 e. The number of hydrogen-bond donors (Lipinski definition) is 1. The van der Waals surface area contributed by atoms with Gasteiger partial charge in [0.2, 0.25) is 0 Å². The predicted octanol–water partition coefficient (Wildman–Crippen LogP) is 5.21. The number of anilines is 1. The van der Waals surface area contributed by atoms with Crippen LogP contribution < -0.4 is 5.73 Å². The van der Waals surface area contributed by atoms with E-state index in [9.17, 15) is 5.26 Å². The van der Waals surface area contributed by atoms with Crippen molar-refractivity contribution in [1.82, 2.24) is 4.98 Å². The summed E-state index contributed by atoms with van der Waals surface area (Å²) in [5, 5.41) is 9.55. The van der Waals surface area contributed by atoms with E-state index in [1.165, 1.54) is 4.90 Å². The third kappa shape index (κ3) is 3.38. The van der Waals surface area contributed by atoms with Crippen molar-refractivity contribution in [3.05, 3.63) is 65.2 Å². The first-order valence-corrected chi connectivity index (χ1v) is 9.18. The SMILES string of the molecule is CSc1ccc(-c2cc(-c3cc(C)ccc3C)nc(N)c2C#N)cc1. The number of hydrogen-bond acceptors (Lipinski definition) is 4. The van der Waals surface area contributed by atoms with E-state index >= 15 is 0 Å². The van der Waals surface area contributed by atoms with Gasteiger partial charge in [-0.25, -0.2) is 4.98 Å². The first-order valence-electron chi connectivity index (χ1n) is 7.96. The number of nitrogen functional groups attached to an aromatic ring is 1. The van der Waals surface area contributed by atoms with Crippen molar-refractivity contribution in [2.45, 2.75) is 18.7 Å². The van der Waals surface area contributed by atoms with E-state index in [-0.39, 0.29) is 5.82 Å². The summed E-state index contributed by atoms with van der Waals surface area (Å²) in [6.07, 6.45) is 2.04. The van der Waals surface area contributed by atoms with E-state index in [4.69, 9.17) is 5.73 Å². The second-order valence-corrected chi connectivity index (χ2v) is 6.85. The van der Waals surface area contributed by atoms with Crippen LogP contribution in [-0.2, 0) is 0 Å². The van der Waals surface area contributed by atoms with Gasteiger partial charge in [-0.1, -0.05) is 29.8 Å². The third-order valence-electron chi connectivity index (χ3n) is 4.23. The zero-order valence-corrected chi connectivity index (χ0v) is 15.3. The first kappa shape index (κ1) is 17.1. The average Bonchev–Trinajstić information content (AvgIpc) is 2.63. The molecule has 0 aliphatic carbocycles. The largest absolute Gasteiger partial charge is 0.383 e. The molecule has 0 radical (unpaired) electrons. The van der Waals surface area contributed by atoms with Gasteiger partial charge in [-0.05, 0) is 55.5 Å². The highest BCUT2D eigenvalue weighted by Crippen LogP contribution is 2.33. The van der Waals surface area contributed by atoms with Gasteiger partial charge in [-0.2, -0.15) is 5.26 Å². The molecule has 124 valence electrons. The van der Waals surface area contributed by atoms with Crippen molar-refractivity contribution in [1.29, 1.82) is 5.26 Å². The fourth-order valence-corrected chi connectivity index (χ4v) is 3.24. The molecule has 0 fully saturated rings. The smallest absolute Gasteiger partial charge is 0.142 e. The molecule has 3 aromatic rings. The standard InChI is InChI=1S/C21H19N3S/c1-13-4-5-14(2)17(10-13)20-11-18(19(12-22)21(23)24-20)15-6-8-16(25-3)9-7-15/h4-11H,1-3H3,(H2,23,24). The fourth-order valence-electron chi connectivity index (χ4n) is 2.83. The maximum absolute atomic E-state index is 9.55. The summed E-state index contributed by atoms with van der Waals surface area (Å²) >= 11 is 1.69. The molecule has 1 aromatic heterocycles. The Kier molecular flexibility index (Phi) is 4.78. The van der Waals surface area contributed by atoms with Crippen molar-refractivity contribution in [2.24, 2.45) is 0 Å². The Labute approximate surface area is 152 Å². The lowest BCUT2D eigenvalue weighted by Gasteiger charge is -2.12. The molecule has 2 N–H and O–H groups in total. The molecule has 0 aliphatic heterocycles. The van der Waals surface area contributed by atoms with E-state index in [2.05, 4.69) is 55.2 Å². The highest BCUT2D eigenvalue weighted by molar-refractivity contribution is 7.98. The van der Waals surface area contributed by atoms with Crippen molar-refractivity contribution in [3.63, 3.8) is 0 Å². The average molecular weight is 345 g/mol. The molecule has 0 saturated heterocycles. The number of nitrogens with two attached hydrogens (primary N) is 1. The Hall–Kier alpha value is -2.77. The summed E-state index contributed by atoms with van der Waals surface area (Å²) in [4.78, 5) is 5.67. The zero-order chi connectivity index (χ0) is 18.0. The molecule has 25 heavy (non-hydrogen) atoms. The molecule has 3 nitrogen and oxygen atoms in total. The van der Waals surface area contributed by atoms with Gasteiger partial charge in [0.05, 0.1) is 5.69 Å². The van der Waals surface area contributed by atoms with E-state index in [0.29, 0.717) is 5.56 Å². The number of nitriles is 1. The Morgan fingerprint density at radius 1 is 1.00 bits per heavy atom. The number of aryl methyl sites for hydroxylation is 2. The van der Waals surface area contributed by atoms with Gasteiger partial charge < -0.3 is 5.73 Å². The summed E-state index contributed by atoms with van der Waals surface area (Å²) in [6.45, 7) is 4.11. The first-order chi connectivity index (χ1) is 12.0. The second kappa shape index (κ2) is 7.00. The van der Waals surface area contributed by atoms with Crippen LogP contribution in [0.25, 0.3) is 22.4 Å². The fraction of sp³-hybridized carbons (Fsp3) is 0.143. The molecule has 2 aromatic carbocycles. The molecule has 0 atom stereocenters. The maximum atomic E-state index is 9.55. The lowest BCUT2D eigenvalue weighted by molar-refractivity contribution is 1.28. The van der Waals surface area contributed by atoms with Crippen LogP contribution in [0.15, 0.2) is 53.4 Å². The second-order valence-electron chi connectivity index (χ2n) is 5.97. The van der Waals surface area contributed by atoms with Gasteiger partial charge in [0.25, 0.3) is 0 Å². The van der Waals surface area contributed by atoms with Gasteiger partial charge in [0.15, 0.2) is 0 Å².